The average Bonchev–Trinajstić information content (AvgIpc) is 2.92. The predicted molar refractivity (Wildman–Crippen MR) is 71.3 cm³/mol. The van der Waals surface area contributed by atoms with Crippen molar-refractivity contribution in [1.29, 1.82) is 0 Å². The molecule has 0 radical (unpaired) electrons. The van der Waals surface area contributed by atoms with E-state index in [1.54, 1.807) is 0 Å². The van der Waals surface area contributed by atoms with E-state index in [2.05, 4.69) is 17.3 Å². The van der Waals surface area contributed by atoms with Gasteiger partial charge in [0.1, 0.15) is 0 Å². The molecule has 4 heteroatoms. The van der Waals surface area contributed by atoms with Gasteiger partial charge < -0.3 is 5.32 Å². The van der Waals surface area contributed by atoms with Crippen LogP contribution in [0.15, 0.2) is 0 Å². The first-order chi connectivity index (χ1) is 8.22. The standard InChI is InChI=1S/C13H22ClN3/c1-3-17-12(13(14)10(2)16-17)9-15-8-11-6-4-5-7-11/h11,15H,3-9H2,1-2H3. The summed E-state index contributed by atoms with van der Waals surface area (Å²) in [6.45, 7) is 6.90. The van der Waals surface area contributed by atoms with Crippen LogP contribution in [-0.2, 0) is 13.1 Å². The first kappa shape index (κ1) is 12.9. The highest BCUT2D eigenvalue weighted by Gasteiger charge is 2.16. The first-order valence-electron chi connectivity index (χ1n) is 6.64. The minimum absolute atomic E-state index is 0.825. The fourth-order valence-electron chi connectivity index (χ4n) is 2.65. The minimum atomic E-state index is 0.825. The maximum Gasteiger partial charge on any atom is 0.0860 e. The van der Waals surface area contributed by atoms with Crippen molar-refractivity contribution in [3.05, 3.63) is 16.4 Å². The van der Waals surface area contributed by atoms with E-state index < -0.39 is 0 Å². The van der Waals surface area contributed by atoms with Gasteiger partial charge in [-0.3, -0.25) is 4.68 Å². The lowest BCUT2D eigenvalue weighted by atomic mass is 10.1. The number of halogens is 1. The lowest BCUT2D eigenvalue weighted by Crippen LogP contribution is -2.22. The summed E-state index contributed by atoms with van der Waals surface area (Å²) >= 11 is 6.26. The summed E-state index contributed by atoms with van der Waals surface area (Å²) in [7, 11) is 0. The Morgan fingerprint density at radius 3 is 2.76 bits per heavy atom. The fourth-order valence-corrected chi connectivity index (χ4v) is 2.85. The normalized spacial score (nSPS) is 16.9. The van der Waals surface area contributed by atoms with E-state index in [4.69, 9.17) is 11.6 Å². The van der Waals surface area contributed by atoms with Gasteiger partial charge in [0, 0.05) is 13.1 Å². The number of aromatic nitrogens is 2. The maximum atomic E-state index is 6.26. The largest absolute Gasteiger partial charge is 0.311 e. The van der Waals surface area contributed by atoms with Crippen molar-refractivity contribution in [3.8, 4) is 0 Å². The van der Waals surface area contributed by atoms with E-state index in [9.17, 15) is 0 Å². The van der Waals surface area contributed by atoms with Crippen LogP contribution in [0.2, 0.25) is 5.02 Å². The summed E-state index contributed by atoms with van der Waals surface area (Å²) in [5.74, 6) is 0.868. The SMILES string of the molecule is CCn1nc(C)c(Cl)c1CNCC1CCCC1. The Morgan fingerprint density at radius 2 is 2.12 bits per heavy atom. The van der Waals surface area contributed by atoms with Gasteiger partial charge in [-0.15, -0.1) is 0 Å². The molecule has 0 spiro atoms. The molecule has 17 heavy (non-hydrogen) atoms. The van der Waals surface area contributed by atoms with Crippen molar-refractivity contribution in [1.82, 2.24) is 15.1 Å². The molecule has 3 nitrogen and oxygen atoms in total. The van der Waals surface area contributed by atoms with Crippen molar-refractivity contribution in [2.24, 2.45) is 5.92 Å². The van der Waals surface area contributed by atoms with E-state index in [-0.39, 0.29) is 0 Å². The van der Waals surface area contributed by atoms with Gasteiger partial charge in [-0.25, -0.2) is 0 Å². The second-order valence-corrected chi connectivity index (χ2v) is 5.32. The fraction of sp³-hybridized carbons (Fsp3) is 0.769. The van der Waals surface area contributed by atoms with Crippen molar-refractivity contribution < 1.29 is 0 Å². The molecule has 0 atom stereocenters. The molecule has 1 fully saturated rings. The highest BCUT2D eigenvalue weighted by atomic mass is 35.5. The Balaban J connectivity index is 1.89. The molecular weight excluding hydrogens is 234 g/mol. The van der Waals surface area contributed by atoms with Gasteiger partial charge in [0.2, 0.25) is 0 Å². The topological polar surface area (TPSA) is 29.9 Å². The zero-order chi connectivity index (χ0) is 12.3. The summed E-state index contributed by atoms with van der Waals surface area (Å²) in [6, 6.07) is 0. The van der Waals surface area contributed by atoms with Crippen LogP contribution in [-0.4, -0.2) is 16.3 Å². The molecule has 0 aliphatic heterocycles. The number of rotatable bonds is 5. The molecule has 1 aliphatic rings. The summed E-state index contributed by atoms with van der Waals surface area (Å²) in [4.78, 5) is 0. The molecule has 0 saturated heterocycles. The third-order valence-electron chi connectivity index (χ3n) is 3.65. The van der Waals surface area contributed by atoms with Gasteiger partial charge in [-0.2, -0.15) is 5.10 Å². The second-order valence-electron chi connectivity index (χ2n) is 4.94. The molecule has 2 rings (SSSR count). The van der Waals surface area contributed by atoms with Crippen LogP contribution in [0.4, 0.5) is 0 Å². The highest BCUT2D eigenvalue weighted by Crippen LogP contribution is 2.24. The summed E-state index contributed by atoms with van der Waals surface area (Å²) in [5.41, 5.74) is 2.07. The average molecular weight is 256 g/mol. The van der Waals surface area contributed by atoms with Crippen LogP contribution in [0.1, 0.15) is 44.0 Å². The molecule has 0 bridgehead atoms. The molecule has 1 heterocycles. The molecule has 1 aromatic rings. The van der Waals surface area contributed by atoms with Crippen LogP contribution in [0.3, 0.4) is 0 Å². The van der Waals surface area contributed by atoms with Crippen molar-refractivity contribution in [3.63, 3.8) is 0 Å². The predicted octanol–water partition coefficient (Wildman–Crippen LogP) is 3.14. The van der Waals surface area contributed by atoms with Gasteiger partial charge in [0.15, 0.2) is 0 Å². The van der Waals surface area contributed by atoms with Gasteiger partial charge in [-0.05, 0) is 39.2 Å². The summed E-state index contributed by atoms with van der Waals surface area (Å²) in [5, 5.41) is 8.78. The molecule has 1 saturated carbocycles. The molecule has 1 N–H and O–H groups in total. The minimum Gasteiger partial charge on any atom is -0.311 e. The lowest BCUT2D eigenvalue weighted by molar-refractivity contribution is 0.477. The van der Waals surface area contributed by atoms with Gasteiger partial charge in [-0.1, -0.05) is 24.4 Å². The summed E-state index contributed by atoms with van der Waals surface area (Å²) < 4.78 is 2.00. The molecule has 96 valence electrons. The Hall–Kier alpha value is -0.540. The zero-order valence-corrected chi connectivity index (χ0v) is 11.6. The first-order valence-corrected chi connectivity index (χ1v) is 7.02. The lowest BCUT2D eigenvalue weighted by Gasteiger charge is -2.11. The molecule has 1 aromatic heterocycles. The van der Waals surface area contributed by atoms with Crippen molar-refractivity contribution >= 4 is 11.6 Å². The Morgan fingerprint density at radius 1 is 1.41 bits per heavy atom. The van der Waals surface area contributed by atoms with Crippen LogP contribution in [0.25, 0.3) is 0 Å². The van der Waals surface area contributed by atoms with E-state index >= 15 is 0 Å². The molecule has 0 unspecified atom stereocenters. The second kappa shape index (κ2) is 5.87. The monoisotopic (exact) mass is 255 g/mol. The van der Waals surface area contributed by atoms with Crippen LogP contribution >= 0.6 is 11.6 Å². The quantitative estimate of drug-likeness (QED) is 0.876. The van der Waals surface area contributed by atoms with Crippen LogP contribution in [0, 0.1) is 12.8 Å². The smallest absolute Gasteiger partial charge is 0.0860 e. The van der Waals surface area contributed by atoms with E-state index in [1.807, 2.05) is 11.6 Å². The van der Waals surface area contributed by atoms with Gasteiger partial charge in [0.05, 0.1) is 16.4 Å². The van der Waals surface area contributed by atoms with Gasteiger partial charge in [0.25, 0.3) is 0 Å². The van der Waals surface area contributed by atoms with Crippen molar-refractivity contribution in [2.45, 2.75) is 52.6 Å². The van der Waals surface area contributed by atoms with Crippen LogP contribution in [0.5, 0.6) is 0 Å². The Bertz CT molecular complexity index is 367. The van der Waals surface area contributed by atoms with Crippen LogP contribution < -0.4 is 5.32 Å². The third kappa shape index (κ3) is 3.02. The van der Waals surface area contributed by atoms with Gasteiger partial charge >= 0.3 is 0 Å². The number of nitrogens with one attached hydrogen (secondary N) is 1. The molecule has 1 aliphatic carbocycles. The van der Waals surface area contributed by atoms with E-state index in [1.165, 1.54) is 25.7 Å². The number of hydrogen-bond acceptors (Lipinski definition) is 2. The molecular formula is C13H22ClN3. The summed E-state index contributed by atoms with van der Waals surface area (Å²) in [6.07, 6.45) is 5.57. The zero-order valence-electron chi connectivity index (χ0n) is 10.8. The number of aryl methyl sites for hydroxylation is 2. The third-order valence-corrected chi connectivity index (χ3v) is 4.14. The number of nitrogens with zero attached hydrogens (tertiary/aromatic N) is 2. The number of hydrogen-bond donors (Lipinski definition) is 1. The van der Waals surface area contributed by atoms with E-state index in [0.717, 1.165) is 42.0 Å². The highest BCUT2D eigenvalue weighted by molar-refractivity contribution is 6.31. The van der Waals surface area contributed by atoms with E-state index in [0.29, 0.717) is 0 Å². The molecule has 0 amide bonds. The van der Waals surface area contributed by atoms with Crippen molar-refractivity contribution in [2.75, 3.05) is 6.54 Å². The maximum absolute atomic E-state index is 6.26. The Labute approximate surface area is 109 Å². The Kier molecular flexibility index (Phi) is 4.46. The molecule has 0 aromatic carbocycles.